The van der Waals surface area contributed by atoms with E-state index in [2.05, 4.69) is 25.9 Å². The Morgan fingerprint density at radius 2 is 1.73 bits per heavy atom. The van der Waals surface area contributed by atoms with Crippen molar-refractivity contribution < 1.29 is 22.2 Å². The molecule has 2 aromatic carbocycles. The molecule has 0 amide bonds. The van der Waals surface area contributed by atoms with Crippen LogP contribution in [0, 0.1) is 0 Å². The van der Waals surface area contributed by atoms with E-state index in [4.69, 9.17) is 13.5 Å². The van der Waals surface area contributed by atoms with Gasteiger partial charge in [0.05, 0.1) is 25.6 Å². The van der Waals surface area contributed by atoms with Gasteiger partial charge in [-0.2, -0.15) is 4.57 Å². The van der Waals surface area contributed by atoms with E-state index in [-0.39, 0.29) is 0 Å². The lowest BCUT2D eigenvalue weighted by molar-refractivity contribution is -0.617. The van der Waals surface area contributed by atoms with Gasteiger partial charge in [-0.1, -0.05) is 18.2 Å². The molecule has 116 valence electrons. The van der Waals surface area contributed by atoms with Crippen molar-refractivity contribution in [2.24, 2.45) is 7.05 Å². The van der Waals surface area contributed by atoms with E-state index in [0.717, 1.165) is 34.9 Å². The zero-order valence-electron chi connectivity index (χ0n) is 12.5. The molecule has 0 N–H and O–H groups in total. The fraction of sp³-hybridized carbons (Fsp3) is 0.200. The van der Waals surface area contributed by atoms with Crippen molar-refractivity contribution in [1.29, 1.82) is 0 Å². The standard InChI is InChI=1S/C14H13N2O.CH4O3S/c1-16-11-7-4-3-6-10(11)15-14-12(16)8-5-9-13(14)17-2;1-4-5(2)3/h3-9H,1-2H3;1H3,(H,2,3)/q+1;/p-1. The van der Waals surface area contributed by atoms with Gasteiger partial charge in [0.15, 0.2) is 11.3 Å². The zero-order chi connectivity index (χ0) is 16.1. The SMILES string of the molecule is COS(=O)[O-].COc1cccc2c1nc1ccccc1[n+]2C. The fourth-order valence-corrected chi connectivity index (χ4v) is 2.15. The molecule has 1 heterocycles. The first-order valence-corrected chi connectivity index (χ1v) is 7.43. The van der Waals surface area contributed by atoms with Crippen molar-refractivity contribution in [2.45, 2.75) is 0 Å². The molecule has 0 aliphatic carbocycles. The maximum Gasteiger partial charge on any atom is 0.235 e. The Labute approximate surface area is 130 Å². The molecule has 0 saturated carbocycles. The highest BCUT2D eigenvalue weighted by Crippen LogP contribution is 2.22. The van der Waals surface area contributed by atoms with Crippen molar-refractivity contribution >= 4 is 33.4 Å². The molecule has 1 unspecified atom stereocenters. The maximum absolute atomic E-state index is 9.15. The van der Waals surface area contributed by atoms with Gasteiger partial charge in [-0.25, -0.2) is 9.19 Å². The van der Waals surface area contributed by atoms with Crippen LogP contribution in [0.1, 0.15) is 0 Å². The number of hydrogen-bond acceptors (Lipinski definition) is 5. The number of para-hydroxylation sites is 3. The molecule has 7 heteroatoms. The molecule has 0 radical (unpaired) electrons. The summed E-state index contributed by atoms with van der Waals surface area (Å²) in [5, 5.41) is 0. The maximum atomic E-state index is 9.15. The lowest BCUT2D eigenvalue weighted by atomic mass is 10.2. The van der Waals surface area contributed by atoms with Gasteiger partial charge in [0.1, 0.15) is 12.6 Å². The van der Waals surface area contributed by atoms with E-state index < -0.39 is 11.4 Å². The first-order valence-electron chi connectivity index (χ1n) is 6.43. The number of aryl methyl sites for hydroxylation is 1. The third-order valence-electron chi connectivity index (χ3n) is 3.17. The van der Waals surface area contributed by atoms with Crippen molar-refractivity contribution in [3.63, 3.8) is 0 Å². The molecular formula is C15H16N2O4S. The second kappa shape index (κ2) is 7.26. The normalized spacial score (nSPS) is 11.8. The highest BCUT2D eigenvalue weighted by molar-refractivity contribution is 7.74. The molecule has 1 atom stereocenters. The lowest BCUT2D eigenvalue weighted by Gasteiger charge is -2.04. The summed E-state index contributed by atoms with van der Waals surface area (Å²) in [7, 11) is 4.81. The number of ether oxygens (including phenoxy) is 1. The summed E-state index contributed by atoms with van der Waals surface area (Å²) >= 11 is -2.32. The number of rotatable bonds is 2. The summed E-state index contributed by atoms with van der Waals surface area (Å²) in [6.07, 6.45) is 0. The first kappa shape index (κ1) is 16.3. The Bertz CT molecular complexity index is 823. The number of methoxy groups -OCH3 is 1. The van der Waals surface area contributed by atoms with Gasteiger partial charge in [0.2, 0.25) is 11.0 Å². The molecule has 0 aliphatic heterocycles. The predicted octanol–water partition coefficient (Wildman–Crippen LogP) is 1.65. The van der Waals surface area contributed by atoms with Gasteiger partial charge < -0.3 is 13.5 Å². The summed E-state index contributed by atoms with van der Waals surface area (Å²) < 4.78 is 29.5. The molecule has 0 spiro atoms. The van der Waals surface area contributed by atoms with E-state index in [1.54, 1.807) is 7.11 Å². The second-order valence-corrected chi connectivity index (χ2v) is 5.10. The topological polar surface area (TPSA) is 75.4 Å². The highest BCUT2D eigenvalue weighted by atomic mass is 32.2. The average molecular weight is 320 g/mol. The summed E-state index contributed by atoms with van der Waals surface area (Å²) in [5.74, 6) is 0.809. The van der Waals surface area contributed by atoms with Crippen LogP contribution in [0.3, 0.4) is 0 Å². The van der Waals surface area contributed by atoms with Crippen LogP contribution in [-0.4, -0.2) is 28.0 Å². The molecule has 1 aromatic heterocycles. The van der Waals surface area contributed by atoms with E-state index >= 15 is 0 Å². The first-order chi connectivity index (χ1) is 10.6. The number of hydrogen-bond donors (Lipinski definition) is 0. The molecule has 0 saturated heterocycles. The third-order valence-corrected chi connectivity index (χ3v) is 3.44. The monoisotopic (exact) mass is 320 g/mol. The van der Waals surface area contributed by atoms with Crippen LogP contribution in [0.4, 0.5) is 0 Å². The minimum absolute atomic E-state index is 0.809. The van der Waals surface area contributed by atoms with Crippen molar-refractivity contribution in [1.82, 2.24) is 4.98 Å². The van der Waals surface area contributed by atoms with Gasteiger partial charge in [-0.15, -0.1) is 0 Å². The molecule has 0 bridgehead atoms. The van der Waals surface area contributed by atoms with Crippen molar-refractivity contribution in [3.8, 4) is 5.75 Å². The summed E-state index contributed by atoms with van der Waals surface area (Å²) in [6.45, 7) is 0. The Balaban J connectivity index is 0.000000309. The second-order valence-electron chi connectivity index (χ2n) is 4.36. The largest absolute Gasteiger partial charge is 0.750 e. The zero-order valence-corrected chi connectivity index (χ0v) is 13.3. The van der Waals surface area contributed by atoms with Crippen LogP contribution < -0.4 is 9.30 Å². The van der Waals surface area contributed by atoms with E-state index in [1.807, 2.05) is 37.4 Å². The molecule has 22 heavy (non-hydrogen) atoms. The minimum Gasteiger partial charge on any atom is -0.750 e. The third kappa shape index (κ3) is 3.38. The molecule has 3 rings (SSSR count). The lowest BCUT2D eigenvalue weighted by Crippen LogP contribution is -2.30. The minimum atomic E-state index is -2.32. The smallest absolute Gasteiger partial charge is 0.235 e. The molecule has 0 fully saturated rings. The Morgan fingerprint density at radius 3 is 2.36 bits per heavy atom. The predicted molar refractivity (Wildman–Crippen MR) is 82.9 cm³/mol. The Kier molecular flexibility index (Phi) is 5.37. The van der Waals surface area contributed by atoms with E-state index in [1.165, 1.54) is 0 Å². The number of fused-ring (bicyclic) bond motifs is 2. The van der Waals surface area contributed by atoms with Crippen LogP contribution in [-0.2, 0) is 22.6 Å². The molecule has 3 aromatic rings. The van der Waals surface area contributed by atoms with Gasteiger partial charge >= 0.3 is 0 Å². The van der Waals surface area contributed by atoms with E-state index in [9.17, 15) is 0 Å². The van der Waals surface area contributed by atoms with E-state index in [0.29, 0.717) is 0 Å². The Hall–Kier alpha value is -2.09. The quantitative estimate of drug-likeness (QED) is 0.408. The van der Waals surface area contributed by atoms with Crippen LogP contribution in [0.15, 0.2) is 42.5 Å². The van der Waals surface area contributed by atoms with Crippen LogP contribution >= 0.6 is 0 Å². The van der Waals surface area contributed by atoms with Gasteiger partial charge in [-0.05, 0) is 12.1 Å². The summed E-state index contributed by atoms with van der Waals surface area (Å²) in [4.78, 5) is 4.66. The van der Waals surface area contributed by atoms with Crippen LogP contribution in [0.25, 0.3) is 22.1 Å². The van der Waals surface area contributed by atoms with Crippen molar-refractivity contribution in [2.75, 3.05) is 14.2 Å². The number of benzene rings is 2. The molecular weight excluding hydrogens is 304 g/mol. The number of nitrogens with zero attached hydrogens (tertiary/aromatic N) is 2. The van der Waals surface area contributed by atoms with Gasteiger partial charge in [-0.3, -0.25) is 0 Å². The summed E-state index contributed by atoms with van der Waals surface area (Å²) in [5.41, 5.74) is 4.07. The van der Waals surface area contributed by atoms with Crippen LogP contribution in [0.2, 0.25) is 0 Å². The molecule has 0 aliphatic rings. The average Bonchev–Trinajstić information content (AvgIpc) is 2.55. The summed E-state index contributed by atoms with van der Waals surface area (Å²) in [6, 6.07) is 14.1. The van der Waals surface area contributed by atoms with Crippen molar-refractivity contribution in [3.05, 3.63) is 42.5 Å². The number of aromatic nitrogens is 2. The fourth-order valence-electron chi connectivity index (χ4n) is 2.15. The Morgan fingerprint density at radius 1 is 1.09 bits per heavy atom. The van der Waals surface area contributed by atoms with Gasteiger partial charge in [0.25, 0.3) is 0 Å². The van der Waals surface area contributed by atoms with Gasteiger partial charge in [0, 0.05) is 12.1 Å². The highest BCUT2D eigenvalue weighted by Gasteiger charge is 2.15. The molecule has 6 nitrogen and oxygen atoms in total. The van der Waals surface area contributed by atoms with Crippen LogP contribution in [0.5, 0.6) is 5.75 Å².